The van der Waals surface area contributed by atoms with Crippen molar-refractivity contribution in [1.82, 2.24) is 29.9 Å². The lowest BCUT2D eigenvalue weighted by atomic mass is 10.1. The second-order valence-corrected chi connectivity index (χ2v) is 6.26. The van der Waals surface area contributed by atoms with E-state index in [9.17, 15) is 26.3 Å². The van der Waals surface area contributed by atoms with Gasteiger partial charge in [0.1, 0.15) is 63.4 Å². The Bertz CT molecular complexity index is 1600. The minimum atomic E-state index is -0.239. The normalized spacial score (nSPS) is 10.2. The number of hydrogen-bond acceptors (Lipinski definition) is 11. The zero-order valence-corrected chi connectivity index (χ0v) is 15.8. The minimum absolute atomic E-state index is 0.0629. The summed E-state index contributed by atoms with van der Waals surface area (Å²) >= 11 is 0. The molecule has 0 N–H and O–H groups in total. The van der Waals surface area contributed by atoms with Crippen LogP contribution in [0.3, 0.4) is 0 Å². The maximum absolute atomic E-state index is 9.53. The van der Waals surface area contributed by atoms with Crippen molar-refractivity contribution in [3.8, 4) is 30.3 Å². The third kappa shape index (κ3) is 2.77. The van der Waals surface area contributed by atoms with E-state index in [0.29, 0.717) is 18.5 Å². The van der Waals surface area contributed by atoms with Crippen LogP contribution in [0.2, 0.25) is 0 Å². The molecule has 0 bridgehead atoms. The SMILES string of the molecule is CCCc1nc2c3nc(C#N)c(C#N)nc3c3nc(C#N)c(C#N)nc3c2nc1C#N. The van der Waals surface area contributed by atoms with Crippen LogP contribution < -0.4 is 0 Å². The van der Waals surface area contributed by atoms with Crippen LogP contribution in [0.25, 0.3) is 33.1 Å². The van der Waals surface area contributed by atoms with Gasteiger partial charge in [-0.1, -0.05) is 13.3 Å². The number of rotatable bonds is 2. The first-order valence-corrected chi connectivity index (χ1v) is 8.86. The van der Waals surface area contributed by atoms with Gasteiger partial charge in [0, 0.05) is 0 Å². The molecule has 0 amide bonds. The molecule has 0 radical (unpaired) electrons. The van der Waals surface area contributed by atoms with Crippen molar-refractivity contribution in [2.24, 2.45) is 0 Å². The van der Waals surface area contributed by atoms with E-state index in [0.717, 1.165) is 0 Å². The predicted molar refractivity (Wildman–Crippen MR) is 103 cm³/mol. The average Bonchev–Trinajstić information content (AvgIpc) is 2.82. The van der Waals surface area contributed by atoms with Crippen molar-refractivity contribution in [3.63, 3.8) is 0 Å². The third-order valence-corrected chi connectivity index (χ3v) is 4.45. The first-order valence-electron chi connectivity index (χ1n) is 8.86. The topological polar surface area (TPSA) is 196 Å². The van der Waals surface area contributed by atoms with Gasteiger partial charge in [0.05, 0.1) is 5.69 Å². The van der Waals surface area contributed by atoms with E-state index < -0.39 is 0 Å². The number of fused-ring (bicyclic) bond motifs is 6. The zero-order chi connectivity index (χ0) is 22.1. The van der Waals surface area contributed by atoms with Crippen LogP contribution >= 0.6 is 0 Å². The van der Waals surface area contributed by atoms with Gasteiger partial charge in [-0.25, -0.2) is 29.9 Å². The number of hydrogen-bond donors (Lipinski definition) is 0. The van der Waals surface area contributed by atoms with Crippen molar-refractivity contribution < 1.29 is 0 Å². The monoisotopic (exact) mass is 401 g/mol. The second-order valence-electron chi connectivity index (χ2n) is 6.26. The van der Waals surface area contributed by atoms with E-state index >= 15 is 0 Å². The standard InChI is InChI=1S/C20H7N11/c1-2-3-9-10(4-21)27-16-15(26-9)17-19(30-12(6-23)11(5-22)28-17)20-18(16)29-13(7-24)14(8-25)31-20/h2-3H2,1H3. The average molecular weight is 401 g/mol. The van der Waals surface area contributed by atoms with Gasteiger partial charge < -0.3 is 0 Å². The summed E-state index contributed by atoms with van der Waals surface area (Å²) in [7, 11) is 0. The van der Waals surface area contributed by atoms with Crippen LogP contribution in [0, 0.1) is 56.7 Å². The van der Waals surface area contributed by atoms with Gasteiger partial charge in [-0.2, -0.15) is 26.3 Å². The molecule has 0 spiro atoms. The Morgan fingerprint density at radius 1 is 0.484 bits per heavy atom. The van der Waals surface area contributed by atoms with E-state index in [1.54, 1.807) is 6.07 Å². The first-order chi connectivity index (χ1) is 15.1. The molecule has 0 aliphatic heterocycles. The number of nitriles is 5. The van der Waals surface area contributed by atoms with Gasteiger partial charge in [0.15, 0.2) is 28.5 Å². The number of nitrogens with zero attached hydrogens (tertiary/aromatic N) is 11. The van der Waals surface area contributed by atoms with Crippen LogP contribution in [0.15, 0.2) is 0 Å². The second kappa shape index (κ2) is 7.26. The van der Waals surface area contributed by atoms with Crippen LogP contribution in [0.4, 0.5) is 0 Å². The lowest BCUT2D eigenvalue weighted by molar-refractivity contribution is 0.875. The molecule has 0 aliphatic carbocycles. The summed E-state index contributed by atoms with van der Waals surface area (Å²) in [5.74, 6) is 0. The van der Waals surface area contributed by atoms with Crippen LogP contribution in [-0.2, 0) is 6.42 Å². The maximum atomic E-state index is 9.53. The number of aryl methyl sites for hydroxylation is 1. The molecule has 0 aliphatic rings. The summed E-state index contributed by atoms with van der Waals surface area (Å²) in [4.78, 5) is 25.8. The Morgan fingerprint density at radius 2 is 0.774 bits per heavy atom. The molecule has 0 fully saturated rings. The minimum Gasteiger partial charge on any atom is -0.246 e. The van der Waals surface area contributed by atoms with Crippen molar-refractivity contribution in [2.45, 2.75) is 19.8 Å². The summed E-state index contributed by atoms with van der Waals surface area (Å²) in [6.07, 6.45) is 1.18. The summed E-state index contributed by atoms with van der Waals surface area (Å²) in [6.45, 7) is 1.92. The molecule has 3 heterocycles. The largest absolute Gasteiger partial charge is 0.246 e. The molecular formula is C20H7N11. The third-order valence-electron chi connectivity index (χ3n) is 4.45. The molecule has 142 valence electrons. The molecule has 4 aromatic rings. The van der Waals surface area contributed by atoms with Crippen molar-refractivity contribution >= 4 is 33.1 Å². The molecule has 0 saturated carbocycles. The molecule has 11 heteroatoms. The van der Waals surface area contributed by atoms with E-state index in [2.05, 4.69) is 29.9 Å². The van der Waals surface area contributed by atoms with Crippen LogP contribution in [-0.4, -0.2) is 29.9 Å². The Labute approximate surface area is 174 Å². The van der Waals surface area contributed by atoms with Crippen molar-refractivity contribution in [1.29, 1.82) is 26.3 Å². The smallest absolute Gasteiger partial charge is 0.177 e. The fourth-order valence-corrected chi connectivity index (χ4v) is 3.14. The van der Waals surface area contributed by atoms with Crippen LogP contribution in [0.5, 0.6) is 0 Å². The summed E-state index contributed by atoms with van der Waals surface area (Å²) < 4.78 is 0. The molecule has 0 unspecified atom stereocenters. The number of aromatic nitrogens is 6. The zero-order valence-electron chi connectivity index (χ0n) is 15.8. The van der Waals surface area contributed by atoms with Gasteiger partial charge in [0.25, 0.3) is 0 Å². The van der Waals surface area contributed by atoms with Gasteiger partial charge in [-0.15, -0.1) is 0 Å². The quantitative estimate of drug-likeness (QED) is 0.444. The molecule has 3 aromatic heterocycles. The Morgan fingerprint density at radius 3 is 1.06 bits per heavy atom. The van der Waals surface area contributed by atoms with Crippen molar-refractivity contribution in [3.05, 3.63) is 34.2 Å². The Hall–Kier alpha value is -5.31. The van der Waals surface area contributed by atoms with Crippen LogP contribution in [0.1, 0.15) is 47.5 Å². The number of benzene rings is 1. The van der Waals surface area contributed by atoms with E-state index in [1.165, 1.54) is 0 Å². The lowest BCUT2D eigenvalue weighted by Crippen LogP contribution is -2.06. The summed E-state index contributed by atoms with van der Waals surface area (Å²) in [5.41, 5.74) is 0.344. The van der Waals surface area contributed by atoms with Gasteiger partial charge >= 0.3 is 0 Å². The molecule has 4 rings (SSSR count). The Balaban J connectivity index is 2.36. The molecule has 0 atom stereocenters. The molecular weight excluding hydrogens is 394 g/mol. The highest BCUT2D eigenvalue weighted by Crippen LogP contribution is 2.31. The molecule has 11 nitrogen and oxygen atoms in total. The van der Waals surface area contributed by atoms with Crippen molar-refractivity contribution in [2.75, 3.05) is 0 Å². The maximum Gasteiger partial charge on any atom is 0.177 e. The van der Waals surface area contributed by atoms with E-state index in [4.69, 9.17) is 0 Å². The van der Waals surface area contributed by atoms with E-state index in [-0.39, 0.29) is 61.6 Å². The summed E-state index contributed by atoms with van der Waals surface area (Å²) in [6, 6.07) is 9.26. The molecule has 0 saturated heterocycles. The fourth-order valence-electron chi connectivity index (χ4n) is 3.14. The molecule has 1 aromatic carbocycles. The van der Waals surface area contributed by atoms with Gasteiger partial charge in [-0.05, 0) is 6.42 Å². The highest BCUT2D eigenvalue weighted by atomic mass is 14.9. The highest BCUT2D eigenvalue weighted by Gasteiger charge is 2.22. The first kappa shape index (κ1) is 19.0. The fraction of sp³-hybridized carbons (Fsp3) is 0.150. The van der Waals surface area contributed by atoms with Gasteiger partial charge in [0.2, 0.25) is 0 Å². The van der Waals surface area contributed by atoms with E-state index in [1.807, 2.05) is 31.2 Å². The predicted octanol–water partition coefficient (Wildman–Crippen LogP) is 1.83. The van der Waals surface area contributed by atoms with Gasteiger partial charge in [-0.3, -0.25) is 0 Å². The highest BCUT2D eigenvalue weighted by molar-refractivity contribution is 6.18. The molecule has 31 heavy (non-hydrogen) atoms. The lowest BCUT2D eigenvalue weighted by Gasteiger charge is -2.10. The Kier molecular flexibility index (Phi) is 4.46. The summed E-state index contributed by atoms with van der Waals surface area (Å²) in [5, 5.41) is 47.0.